The lowest BCUT2D eigenvalue weighted by Gasteiger charge is -2.38. The standard InChI is InChI=1S/C22H25Cl2N7O4S/c1-5-8-35-13-9-31(7-6-12(13)28-20(32)16-15(24)14(23)11(2)27-16)22-29-17(18(36-22)21(33)34-4)19-25-10-26-30(19)3/h5,10,12-13,27H,1,6-9H2,2-4H3,(H,28,32)/t12-,13+/m1/s1. The molecule has 0 aliphatic carbocycles. The number of ether oxygens (including phenoxy) is 2. The number of nitrogens with zero attached hydrogens (tertiary/aromatic N) is 5. The van der Waals surface area contributed by atoms with Gasteiger partial charge >= 0.3 is 5.97 Å². The highest BCUT2D eigenvalue weighted by Gasteiger charge is 2.35. The number of rotatable bonds is 8. The summed E-state index contributed by atoms with van der Waals surface area (Å²) in [7, 11) is 3.04. The number of H-pyrrole nitrogens is 1. The summed E-state index contributed by atoms with van der Waals surface area (Å²) >= 11 is 13.6. The third kappa shape index (κ3) is 5.12. The maximum absolute atomic E-state index is 12.9. The average molecular weight is 554 g/mol. The van der Waals surface area contributed by atoms with Crippen molar-refractivity contribution in [3.63, 3.8) is 0 Å². The summed E-state index contributed by atoms with van der Waals surface area (Å²) in [6, 6.07) is -0.301. The second-order valence-corrected chi connectivity index (χ2v) is 9.83. The summed E-state index contributed by atoms with van der Waals surface area (Å²) in [6.07, 6.45) is 3.22. The molecular weight excluding hydrogens is 529 g/mol. The number of halogens is 2. The van der Waals surface area contributed by atoms with Crippen molar-refractivity contribution >= 4 is 51.5 Å². The molecule has 4 heterocycles. The van der Waals surface area contributed by atoms with Gasteiger partial charge < -0.3 is 24.7 Å². The van der Waals surface area contributed by atoms with E-state index in [4.69, 9.17) is 37.7 Å². The Hall–Kier alpha value is -2.93. The fourth-order valence-electron chi connectivity index (χ4n) is 3.92. The molecule has 1 fully saturated rings. The van der Waals surface area contributed by atoms with Gasteiger partial charge in [0.1, 0.15) is 22.6 Å². The van der Waals surface area contributed by atoms with Gasteiger partial charge in [-0.2, -0.15) is 5.10 Å². The minimum Gasteiger partial charge on any atom is -0.465 e. The van der Waals surface area contributed by atoms with Crippen LogP contribution in [0.2, 0.25) is 10.0 Å². The molecule has 36 heavy (non-hydrogen) atoms. The molecule has 1 amide bonds. The van der Waals surface area contributed by atoms with E-state index in [0.29, 0.717) is 58.4 Å². The topological polar surface area (TPSA) is 127 Å². The number of aryl methyl sites for hydroxylation is 2. The molecule has 0 radical (unpaired) electrons. The maximum atomic E-state index is 12.9. The molecule has 0 aromatic carbocycles. The van der Waals surface area contributed by atoms with Crippen molar-refractivity contribution in [1.82, 2.24) is 30.0 Å². The molecule has 0 saturated carbocycles. The van der Waals surface area contributed by atoms with E-state index in [1.807, 2.05) is 4.90 Å². The van der Waals surface area contributed by atoms with Gasteiger partial charge in [-0.15, -0.1) is 6.58 Å². The van der Waals surface area contributed by atoms with Crippen molar-refractivity contribution < 1.29 is 19.1 Å². The lowest BCUT2D eigenvalue weighted by molar-refractivity contribution is 0.0355. The summed E-state index contributed by atoms with van der Waals surface area (Å²) in [4.78, 5) is 39.6. The summed E-state index contributed by atoms with van der Waals surface area (Å²) in [6.45, 7) is 6.74. The molecule has 1 saturated heterocycles. The van der Waals surface area contributed by atoms with Gasteiger partial charge in [0.05, 0.1) is 35.9 Å². The number of hydrogen-bond acceptors (Lipinski definition) is 9. The van der Waals surface area contributed by atoms with Gasteiger partial charge in [-0.25, -0.2) is 19.4 Å². The first-order chi connectivity index (χ1) is 17.2. The van der Waals surface area contributed by atoms with Gasteiger partial charge in [-0.3, -0.25) is 4.79 Å². The van der Waals surface area contributed by atoms with Gasteiger partial charge in [0.2, 0.25) is 0 Å². The second-order valence-electron chi connectivity index (χ2n) is 8.10. The van der Waals surface area contributed by atoms with Gasteiger partial charge in [-0.05, 0) is 13.3 Å². The van der Waals surface area contributed by atoms with E-state index in [9.17, 15) is 9.59 Å². The number of amides is 1. The molecule has 1 aliphatic heterocycles. The Morgan fingerprint density at radius 1 is 1.39 bits per heavy atom. The van der Waals surface area contributed by atoms with Crippen LogP contribution in [0, 0.1) is 6.92 Å². The predicted molar refractivity (Wildman–Crippen MR) is 137 cm³/mol. The Labute approximate surface area is 221 Å². The molecule has 3 aromatic heterocycles. The van der Waals surface area contributed by atoms with E-state index in [2.05, 4.69) is 27.0 Å². The summed E-state index contributed by atoms with van der Waals surface area (Å²) < 4.78 is 12.5. The van der Waals surface area contributed by atoms with Crippen LogP contribution in [0.1, 0.15) is 32.3 Å². The van der Waals surface area contributed by atoms with Gasteiger partial charge in [0, 0.05) is 25.8 Å². The first-order valence-electron chi connectivity index (χ1n) is 11.0. The number of carbonyl (C=O) groups excluding carboxylic acids is 2. The monoisotopic (exact) mass is 553 g/mol. The number of methoxy groups -OCH3 is 1. The number of carbonyl (C=O) groups is 2. The molecule has 3 aromatic rings. The molecule has 192 valence electrons. The van der Waals surface area contributed by atoms with Crippen LogP contribution >= 0.6 is 34.5 Å². The number of anilines is 1. The molecule has 1 aliphatic rings. The number of hydrogen-bond donors (Lipinski definition) is 2. The van der Waals surface area contributed by atoms with Crippen LogP contribution < -0.4 is 10.2 Å². The van der Waals surface area contributed by atoms with Crippen molar-refractivity contribution in [3.05, 3.63) is 45.3 Å². The zero-order valence-electron chi connectivity index (χ0n) is 19.9. The Morgan fingerprint density at radius 2 is 2.17 bits per heavy atom. The van der Waals surface area contributed by atoms with E-state index < -0.39 is 5.97 Å². The molecular formula is C22H25Cl2N7O4S. The minimum absolute atomic E-state index is 0.182. The number of aromatic nitrogens is 5. The smallest absolute Gasteiger partial charge is 0.350 e. The Morgan fingerprint density at radius 3 is 2.78 bits per heavy atom. The van der Waals surface area contributed by atoms with Crippen molar-refractivity contribution in [2.75, 3.05) is 31.7 Å². The molecule has 14 heteroatoms. The highest BCUT2D eigenvalue weighted by atomic mass is 35.5. The predicted octanol–water partition coefficient (Wildman–Crippen LogP) is 3.25. The summed E-state index contributed by atoms with van der Waals surface area (Å²) in [5.41, 5.74) is 1.22. The quantitative estimate of drug-likeness (QED) is 0.321. The van der Waals surface area contributed by atoms with Crippen LogP contribution in [-0.4, -0.2) is 75.6 Å². The molecule has 2 N–H and O–H groups in total. The van der Waals surface area contributed by atoms with Crippen LogP contribution in [0.3, 0.4) is 0 Å². The van der Waals surface area contributed by atoms with Crippen LogP contribution in [0.5, 0.6) is 0 Å². The Balaban J connectivity index is 1.57. The molecule has 4 rings (SSSR count). The first-order valence-corrected chi connectivity index (χ1v) is 12.6. The fraction of sp³-hybridized carbons (Fsp3) is 0.409. The highest BCUT2D eigenvalue weighted by Crippen LogP contribution is 2.34. The van der Waals surface area contributed by atoms with E-state index in [1.165, 1.54) is 24.8 Å². The third-order valence-electron chi connectivity index (χ3n) is 5.77. The van der Waals surface area contributed by atoms with Gasteiger partial charge in [0.25, 0.3) is 5.91 Å². The van der Waals surface area contributed by atoms with E-state index in [1.54, 1.807) is 24.7 Å². The molecule has 0 bridgehead atoms. The second kappa shape index (κ2) is 11.0. The maximum Gasteiger partial charge on any atom is 0.350 e. The van der Waals surface area contributed by atoms with Crippen molar-refractivity contribution in [3.8, 4) is 11.5 Å². The zero-order valence-corrected chi connectivity index (χ0v) is 22.2. The Bertz CT molecular complexity index is 1290. The normalized spacial score (nSPS) is 17.8. The lowest BCUT2D eigenvalue weighted by atomic mass is 10.0. The van der Waals surface area contributed by atoms with Crippen LogP contribution in [-0.2, 0) is 16.5 Å². The largest absolute Gasteiger partial charge is 0.465 e. The Kier molecular flexibility index (Phi) is 7.98. The minimum atomic E-state index is -0.505. The van der Waals surface area contributed by atoms with Crippen molar-refractivity contribution in [2.24, 2.45) is 7.05 Å². The number of esters is 1. The number of nitrogens with one attached hydrogen (secondary N) is 2. The fourth-order valence-corrected chi connectivity index (χ4v) is 5.35. The first kappa shape index (κ1) is 26.1. The molecule has 0 unspecified atom stereocenters. The number of aromatic amines is 1. The van der Waals surface area contributed by atoms with Crippen molar-refractivity contribution in [2.45, 2.75) is 25.5 Å². The van der Waals surface area contributed by atoms with Crippen LogP contribution in [0.25, 0.3) is 11.5 Å². The van der Waals surface area contributed by atoms with Crippen LogP contribution in [0.4, 0.5) is 5.13 Å². The molecule has 2 atom stereocenters. The van der Waals surface area contributed by atoms with Crippen molar-refractivity contribution in [1.29, 1.82) is 0 Å². The SMILES string of the molecule is C=CCO[C@H]1CN(c2nc(-c3ncnn3C)c(C(=O)OC)s2)CC[C@H]1NC(=O)c1[nH]c(C)c(Cl)c1Cl. The lowest BCUT2D eigenvalue weighted by Crippen LogP contribution is -2.55. The zero-order chi connectivity index (χ0) is 26.0. The number of piperidine rings is 1. The van der Waals surface area contributed by atoms with E-state index >= 15 is 0 Å². The number of thiazole rings is 1. The van der Waals surface area contributed by atoms with Gasteiger partial charge in [-0.1, -0.05) is 40.6 Å². The van der Waals surface area contributed by atoms with E-state index in [0.717, 1.165) is 0 Å². The third-order valence-corrected chi connectivity index (χ3v) is 7.81. The summed E-state index contributed by atoms with van der Waals surface area (Å²) in [5.74, 6) is -0.418. The van der Waals surface area contributed by atoms with Crippen LogP contribution in [0.15, 0.2) is 19.0 Å². The summed E-state index contributed by atoms with van der Waals surface area (Å²) in [5, 5.41) is 8.20. The molecule has 11 nitrogen and oxygen atoms in total. The molecule has 0 spiro atoms. The van der Waals surface area contributed by atoms with E-state index in [-0.39, 0.29) is 28.8 Å². The highest BCUT2D eigenvalue weighted by molar-refractivity contribution is 7.17. The average Bonchev–Trinajstić information content (AvgIpc) is 3.56. The van der Waals surface area contributed by atoms with Gasteiger partial charge in [0.15, 0.2) is 11.0 Å².